The summed E-state index contributed by atoms with van der Waals surface area (Å²) in [5.74, 6) is 0.853. The Balaban J connectivity index is 2.07. The summed E-state index contributed by atoms with van der Waals surface area (Å²) in [5, 5.41) is 2.50. The fourth-order valence-corrected chi connectivity index (χ4v) is 2.06. The van der Waals surface area contributed by atoms with Gasteiger partial charge in [0.2, 0.25) is 5.54 Å². The van der Waals surface area contributed by atoms with Crippen molar-refractivity contribution in [2.45, 2.75) is 12.0 Å². The minimum atomic E-state index is -1.18. The van der Waals surface area contributed by atoms with E-state index in [-0.39, 0.29) is 18.3 Å². The molecule has 18 heavy (non-hydrogen) atoms. The van der Waals surface area contributed by atoms with Crippen LogP contribution in [-0.2, 0) is 16.8 Å². The van der Waals surface area contributed by atoms with Crippen molar-refractivity contribution in [2.75, 3.05) is 0 Å². The maximum absolute atomic E-state index is 12.1. The van der Waals surface area contributed by atoms with E-state index in [4.69, 9.17) is 14.6 Å². The monoisotopic (exact) mass is 245 g/mol. The molecule has 0 fully saturated rings. The lowest BCUT2D eigenvalue weighted by atomic mass is 9.91. The first-order chi connectivity index (χ1) is 8.71. The number of carbonyl (C=O) groups excluding carboxylic acids is 1. The summed E-state index contributed by atoms with van der Waals surface area (Å²) in [6.45, 7) is 0. The number of carbonyl (C=O) groups is 1. The molecule has 1 aliphatic heterocycles. The van der Waals surface area contributed by atoms with Crippen LogP contribution in [0.15, 0.2) is 50.6 Å². The minimum absolute atomic E-state index is 0.0861. The third-order valence-corrected chi connectivity index (χ3v) is 2.87. The highest BCUT2D eigenvalue weighted by Crippen LogP contribution is 2.33. The van der Waals surface area contributed by atoms with Gasteiger partial charge in [-0.3, -0.25) is 10.1 Å². The van der Waals surface area contributed by atoms with E-state index in [1.54, 1.807) is 30.5 Å². The summed E-state index contributed by atoms with van der Waals surface area (Å²) in [6, 6.07) is 6.94. The average molecular weight is 245 g/mol. The zero-order valence-electron chi connectivity index (χ0n) is 9.42. The van der Waals surface area contributed by atoms with Crippen molar-refractivity contribution in [3.8, 4) is 0 Å². The summed E-state index contributed by atoms with van der Waals surface area (Å²) in [5.41, 5.74) is 4.41. The molecule has 1 atom stereocenters. The predicted molar refractivity (Wildman–Crippen MR) is 62.6 cm³/mol. The van der Waals surface area contributed by atoms with Crippen LogP contribution in [0.5, 0.6) is 0 Å². The van der Waals surface area contributed by atoms with Crippen molar-refractivity contribution in [1.29, 1.82) is 0 Å². The van der Waals surface area contributed by atoms with E-state index in [2.05, 4.69) is 10.3 Å². The zero-order chi connectivity index (χ0) is 12.6. The Kier molecular flexibility index (Phi) is 2.22. The number of nitrogens with two attached hydrogens (primary N) is 1. The lowest BCUT2D eigenvalue weighted by molar-refractivity contribution is -0.124. The van der Waals surface area contributed by atoms with Crippen LogP contribution in [0.25, 0.3) is 0 Å². The van der Waals surface area contributed by atoms with Crippen LogP contribution in [0.4, 0.5) is 0 Å². The molecule has 0 aromatic carbocycles. The SMILES string of the molecule is NC1=NC(Cc2ccco2)(c2ccco2)C(=O)N1. The van der Waals surface area contributed by atoms with Crippen molar-refractivity contribution in [3.05, 3.63) is 48.3 Å². The smallest absolute Gasteiger partial charge is 0.263 e. The van der Waals surface area contributed by atoms with Gasteiger partial charge in [0.25, 0.3) is 5.91 Å². The van der Waals surface area contributed by atoms with Gasteiger partial charge in [-0.1, -0.05) is 0 Å². The molecule has 1 amide bonds. The molecule has 0 bridgehead atoms. The van der Waals surface area contributed by atoms with Gasteiger partial charge in [0, 0.05) is 6.42 Å². The number of hydrogen-bond donors (Lipinski definition) is 2. The molecule has 0 aliphatic carbocycles. The van der Waals surface area contributed by atoms with Crippen molar-refractivity contribution in [1.82, 2.24) is 5.32 Å². The molecule has 2 aromatic rings. The van der Waals surface area contributed by atoms with Gasteiger partial charge in [-0.15, -0.1) is 0 Å². The number of furan rings is 2. The molecule has 0 spiro atoms. The highest BCUT2D eigenvalue weighted by Gasteiger charge is 2.48. The van der Waals surface area contributed by atoms with Crippen molar-refractivity contribution in [2.24, 2.45) is 10.7 Å². The largest absolute Gasteiger partial charge is 0.469 e. The fraction of sp³-hybridized carbons (Fsp3) is 0.167. The molecule has 0 saturated heterocycles. The molecule has 1 aliphatic rings. The Hall–Kier alpha value is -2.50. The molecule has 3 N–H and O–H groups in total. The Morgan fingerprint density at radius 1 is 1.28 bits per heavy atom. The van der Waals surface area contributed by atoms with Crippen molar-refractivity contribution >= 4 is 11.9 Å². The molecule has 6 heteroatoms. The number of guanidine groups is 1. The molecule has 0 saturated carbocycles. The van der Waals surface area contributed by atoms with Gasteiger partial charge in [-0.05, 0) is 24.3 Å². The molecule has 0 radical (unpaired) electrons. The van der Waals surface area contributed by atoms with Crippen molar-refractivity contribution < 1.29 is 13.6 Å². The number of hydrogen-bond acceptors (Lipinski definition) is 5. The zero-order valence-corrected chi connectivity index (χ0v) is 9.42. The van der Waals surface area contributed by atoms with E-state index in [9.17, 15) is 4.79 Å². The van der Waals surface area contributed by atoms with Crippen LogP contribution in [0.1, 0.15) is 11.5 Å². The Bertz CT molecular complexity index is 586. The molecular weight excluding hydrogens is 234 g/mol. The molecule has 1 unspecified atom stereocenters. The molecule has 92 valence electrons. The second kappa shape index (κ2) is 3.76. The molecule has 3 heterocycles. The summed E-state index contributed by atoms with van der Waals surface area (Å²) >= 11 is 0. The third-order valence-electron chi connectivity index (χ3n) is 2.87. The number of nitrogens with zero attached hydrogens (tertiary/aromatic N) is 1. The predicted octanol–water partition coefficient (Wildman–Crippen LogP) is 0.755. The van der Waals surface area contributed by atoms with Gasteiger partial charge in [-0.25, -0.2) is 4.99 Å². The normalized spacial score (nSPS) is 22.9. The van der Waals surface area contributed by atoms with Crippen LogP contribution < -0.4 is 11.1 Å². The molecule has 3 rings (SSSR count). The second-order valence-corrected chi connectivity index (χ2v) is 4.04. The average Bonchev–Trinajstić information content (AvgIpc) is 3.03. The Labute approximate surface area is 102 Å². The van der Waals surface area contributed by atoms with Crippen LogP contribution in [0.2, 0.25) is 0 Å². The standard InChI is InChI=1S/C12H11N3O3/c13-11-14-10(16)12(15-11,9-4-2-6-18-9)7-8-3-1-5-17-8/h1-6H,7H2,(H3,13,14,15,16). The van der Waals surface area contributed by atoms with Gasteiger partial charge in [-0.2, -0.15) is 0 Å². The Morgan fingerprint density at radius 3 is 2.61 bits per heavy atom. The van der Waals surface area contributed by atoms with Gasteiger partial charge in [0.1, 0.15) is 11.5 Å². The number of aliphatic imine (C=N–C) groups is 1. The summed E-state index contributed by atoms with van der Waals surface area (Å²) in [7, 11) is 0. The van der Waals surface area contributed by atoms with Crippen LogP contribution in [0, 0.1) is 0 Å². The fourth-order valence-electron chi connectivity index (χ4n) is 2.06. The van der Waals surface area contributed by atoms with Crippen LogP contribution in [0.3, 0.4) is 0 Å². The van der Waals surface area contributed by atoms with E-state index >= 15 is 0 Å². The quantitative estimate of drug-likeness (QED) is 0.834. The van der Waals surface area contributed by atoms with E-state index in [0.29, 0.717) is 11.5 Å². The lowest BCUT2D eigenvalue weighted by Crippen LogP contribution is -2.40. The van der Waals surface area contributed by atoms with Gasteiger partial charge in [0.15, 0.2) is 5.96 Å². The third kappa shape index (κ3) is 1.50. The first kappa shape index (κ1) is 10.6. The van der Waals surface area contributed by atoms with Gasteiger partial charge >= 0.3 is 0 Å². The van der Waals surface area contributed by atoms with E-state index < -0.39 is 5.54 Å². The topological polar surface area (TPSA) is 93.8 Å². The Morgan fingerprint density at radius 2 is 2.06 bits per heavy atom. The lowest BCUT2D eigenvalue weighted by Gasteiger charge is -2.19. The minimum Gasteiger partial charge on any atom is -0.469 e. The maximum Gasteiger partial charge on any atom is 0.263 e. The highest BCUT2D eigenvalue weighted by atomic mass is 16.3. The first-order valence-electron chi connectivity index (χ1n) is 5.44. The van der Waals surface area contributed by atoms with Crippen molar-refractivity contribution in [3.63, 3.8) is 0 Å². The van der Waals surface area contributed by atoms with Gasteiger partial charge in [0.05, 0.1) is 12.5 Å². The van der Waals surface area contributed by atoms with Gasteiger partial charge < -0.3 is 14.6 Å². The van der Waals surface area contributed by atoms with Crippen LogP contribution >= 0.6 is 0 Å². The summed E-state index contributed by atoms with van der Waals surface area (Å²) in [4.78, 5) is 16.3. The first-order valence-corrected chi connectivity index (χ1v) is 5.44. The summed E-state index contributed by atoms with van der Waals surface area (Å²) < 4.78 is 10.6. The van der Waals surface area contributed by atoms with E-state index in [1.165, 1.54) is 6.26 Å². The van der Waals surface area contributed by atoms with E-state index in [1.807, 2.05) is 0 Å². The van der Waals surface area contributed by atoms with Crippen LogP contribution in [-0.4, -0.2) is 11.9 Å². The summed E-state index contributed by atoms with van der Waals surface area (Å²) in [6.07, 6.45) is 3.31. The molecule has 6 nitrogen and oxygen atoms in total. The number of amides is 1. The molecular formula is C12H11N3O3. The number of nitrogens with one attached hydrogen (secondary N) is 1. The maximum atomic E-state index is 12.1. The second-order valence-electron chi connectivity index (χ2n) is 4.04. The molecule has 2 aromatic heterocycles. The number of rotatable bonds is 3. The van der Waals surface area contributed by atoms with E-state index in [0.717, 1.165) is 0 Å². The highest BCUT2D eigenvalue weighted by molar-refractivity contribution is 6.06.